The molecule has 0 aliphatic heterocycles. The Morgan fingerprint density at radius 1 is 1.24 bits per heavy atom. The Morgan fingerprint density at radius 3 is 2.33 bits per heavy atom. The molecule has 1 aromatic heterocycles. The standard InChI is InChI=1S/C15H25N3O3/c1-9(2)15(20)18(11(5)6)7-13-17-12(8-21-13)14(19)16-10(3)4/h8-11H,7H2,1-6H3,(H,16,19). The van der Waals surface area contributed by atoms with Gasteiger partial charge in [-0.05, 0) is 27.7 Å². The van der Waals surface area contributed by atoms with Gasteiger partial charge in [0.2, 0.25) is 11.8 Å². The van der Waals surface area contributed by atoms with Crippen LogP contribution in [0.4, 0.5) is 0 Å². The van der Waals surface area contributed by atoms with Gasteiger partial charge in [0.15, 0.2) is 5.69 Å². The zero-order valence-electron chi connectivity index (χ0n) is 13.6. The number of rotatable bonds is 6. The van der Waals surface area contributed by atoms with Crippen molar-refractivity contribution in [3.05, 3.63) is 17.8 Å². The Balaban J connectivity index is 2.80. The SMILES string of the molecule is CC(C)NC(=O)c1coc(CN(C(=O)C(C)C)C(C)C)n1. The first-order chi connectivity index (χ1) is 9.72. The zero-order chi connectivity index (χ0) is 16.2. The van der Waals surface area contributed by atoms with E-state index in [2.05, 4.69) is 10.3 Å². The maximum absolute atomic E-state index is 12.2. The normalized spacial score (nSPS) is 11.3. The van der Waals surface area contributed by atoms with Gasteiger partial charge in [0.1, 0.15) is 6.26 Å². The van der Waals surface area contributed by atoms with Crippen LogP contribution in [-0.4, -0.2) is 33.8 Å². The third kappa shape index (κ3) is 4.88. The number of amides is 2. The van der Waals surface area contributed by atoms with Gasteiger partial charge in [0.05, 0.1) is 6.54 Å². The van der Waals surface area contributed by atoms with Crippen molar-refractivity contribution in [2.45, 2.75) is 60.2 Å². The van der Waals surface area contributed by atoms with E-state index in [9.17, 15) is 9.59 Å². The van der Waals surface area contributed by atoms with Crippen LogP contribution in [0.2, 0.25) is 0 Å². The number of nitrogens with one attached hydrogen (secondary N) is 1. The number of carbonyl (C=O) groups excluding carboxylic acids is 2. The molecule has 0 radical (unpaired) electrons. The highest BCUT2D eigenvalue weighted by Gasteiger charge is 2.23. The van der Waals surface area contributed by atoms with Gasteiger partial charge in [-0.25, -0.2) is 4.98 Å². The lowest BCUT2D eigenvalue weighted by molar-refractivity contribution is -0.137. The van der Waals surface area contributed by atoms with E-state index in [1.807, 2.05) is 41.5 Å². The van der Waals surface area contributed by atoms with Gasteiger partial charge in [-0.2, -0.15) is 0 Å². The molecule has 0 aromatic carbocycles. The summed E-state index contributed by atoms with van der Waals surface area (Å²) in [5.41, 5.74) is 0.236. The molecule has 1 aromatic rings. The van der Waals surface area contributed by atoms with E-state index in [0.29, 0.717) is 5.89 Å². The molecule has 0 saturated carbocycles. The second-order valence-electron chi connectivity index (χ2n) is 5.97. The van der Waals surface area contributed by atoms with E-state index in [4.69, 9.17) is 4.42 Å². The molecule has 1 N–H and O–H groups in total. The van der Waals surface area contributed by atoms with Crippen LogP contribution in [0.15, 0.2) is 10.7 Å². The van der Waals surface area contributed by atoms with Crippen molar-refractivity contribution in [3.8, 4) is 0 Å². The van der Waals surface area contributed by atoms with Gasteiger partial charge >= 0.3 is 0 Å². The number of nitrogens with zero attached hydrogens (tertiary/aromatic N) is 2. The number of hydrogen-bond acceptors (Lipinski definition) is 4. The number of oxazole rings is 1. The first-order valence-electron chi connectivity index (χ1n) is 7.28. The molecule has 118 valence electrons. The van der Waals surface area contributed by atoms with Crippen molar-refractivity contribution < 1.29 is 14.0 Å². The molecule has 0 bridgehead atoms. The average molecular weight is 295 g/mol. The molecule has 6 heteroatoms. The molecule has 0 fully saturated rings. The van der Waals surface area contributed by atoms with E-state index in [1.165, 1.54) is 6.26 Å². The molecule has 6 nitrogen and oxygen atoms in total. The summed E-state index contributed by atoms with van der Waals surface area (Å²) in [6.07, 6.45) is 1.32. The van der Waals surface area contributed by atoms with Crippen molar-refractivity contribution in [2.75, 3.05) is 0 Å². The van der Waals surface area contributed by atoms with Crippen LogP contribution in [0.25, 0.3) is 0 Å². The lowest BCUT2D eigenvalue weighted by atomic mass is 10.1. The van der Waals surface area contributed by atoms with Crippen molar-refractivity contribution in [2.24, 2.45) is 5.92 Å². The molecule has 0 aliphatic carbocycles. The summed E-state index contributed by atoms with van der Waals surface area (Å²) in [7, 11) is 0. The fourth-order valence-corrected chi connectivity index (χ4v) is 1.82. The molecule has 2 amide bonds. The van der Waals surface area contributed by atoms with E-state index >= 15 is 0 Å². The molecule has 1 rings (SSSR count). The Labute approximate surface area is 125 Å². The van der Waals surface area contributed by atoms with Crippen LogP contribution in [0.3, 0.4) is 0 Å². The van der Waals surface area contributed by atoms with Gasteiger partial charge < -0.3 is 14.6 Å². The molecule has 1 heterocycles. The van der Waals surface area contributed by atoms with Gasteiger partial charge in [0.25, 0.3) is 5.91 Å². The van der Waals surface area contributed by atoms with E-state index in [1.54, 1.807) is 4.90 Å². The summed E-state index contributed by atoms with van der Waals surface area (Å²) in [5, 5.41) is 2.75. The summed E-state index contributed by atoms with van der Waals surface area (Å²) in [6.45, 7) is 11.6. The predicted octanol–water partition coefficient (Wildman–Crippen LogP) is 2.21. The smallest absolute Gasteiger partial charge is 0.273 e. The summed E-state index contributed by atoms with van der Waals surface area (Å²) in [5.74, 6) is 0.0420. The fraction of sp³-hybridized carbons (Fsp3) is 0.667. The summed E-state index contributed by atoms with van der Waals surface area (Å²) < 4.78 is 5.31. The minimum Gasteiger partial charge on any atom is -0.446 e. The van der Waals surface area contributed by atoms with Crippen LogP contribution >= 0.6 is 0 Å². The highest BCUT2D eigenvalue weighted by molar-refractivity contribution is 5.92. The van der Waals surface area contributed by atoms with Gasteiger partial charge in [-0.15, -0.1) is 0 Å². The number of hydrogen-bond donors (Lipinski definition) is 1. The van der Waals surface area contributed by atoms with Crippen molar-refractivity contribution in [1.29, 1.82) is 0 Å². The average Bonchev–Trinajstić information content (AvgIpc) is 2.82. The van der Waals surface area contributed by atoms with E-state index < -0.39 is 0 Å². The summed E-state index contributed by atoms with van der Waals surface area (Å²) >= 11 is 0. The van der Waals surface area contributed by atoms with E-state index in [-0.39, 0.29) is 42.1 Å². The van der Waals surface area contributed by atoms with Gasteiger partial charge in [-0.1, -0.05) is 13.8 Å². The number of aromatic nitrogens is 1. The first-order valence-corrected chi connectivity index (χ1v) is 7.28. The molecule has 21 heavy (non-hydrogen) atoms. The van der Waals surface area contributed by atoms with Crippen molar-refractivity contribution >= 4 is 11.8 Å². The van der Waals surface area contributed by atoms with Crippen LogP contribution in [0, 0.1) is 5.92 Å². The second kappa shape index (κ2) is 7.24. The van der Waals surface area contributed by atoms with Crippen LogP contribution in [-0.2, 0) is 11.3 Å². The summed E-state index contributed by atoms with van der Waals surface area (Å²) in [6, 6.07) is 0.0760. The molecule has 0 saturated heterocycles. The number of carbonyl (C=O) groups is 2. The highest BCUT2D eigenvalue weighted by atomic mass is 16.3. The largest absolute Gasteiger partial charge is 0.446 e. The Bertz CT molecular complexity index is 492. The summed E-state index contributed by atoms with van der Waals surface area (Å²) in [4.78, 5) is 29.8. The van der Waals surface area contributed by atoms with Gasteiger partial charge in [-0.3, -0.25) is 9.59 Å². The fourth-order valence-electron chi connectivity index (χ4n) is 1.82. The third-order valence-electron chi connectivity index (χ3n) is 2.91. The maximum Gasteiger partial charge on any atom is 0.273 e. The third-order valence-corrected chi connectivity index (χ3v) is 2.91. The molecular formula is C15H25N3O3. The molecule has 0 spiro atoms. The van der Waals surface area contributed by atoms with E-state index in [0.717, 1.165) is 0 Å². The Kier molecular flexibility index (Phi) is 5.93. The van der Waals surface area contributed by atoms with Crippen molar-refractivity contribution in [3.63, 3.8) is 0 Å². The monoisotopic (exact) mass is 295 g/mol. The van der Waals surface area contributed by atoms with Crippen molar-refractivity contribution in [1.82, 2.24) is 15.2 Å². The first kappa shape index (κ1) is 17.2. The lowest BCUT2D eigenvalue weighted by Gasteiger charge is -2.27. The second-order valence-corrected chi connectivity index (χ2v) is 5.97. The minimum absolute atomic E-state index is 0.0346. The van der Waals surface area contributed by atoms with Gasteiger partial charge in [0, 0.05) is 18.0 Å². The molecular weight excluding hydrogens is 270 g/mol. The predicted molar refractivity (Wildman–Crippen MR) is 79.6 cm³/mol. The minimum atomic E-state index is -0.272. The topological polar surface area (TPSA) is 75.4 Å². The van der Waals surface area contributed by atoms with Crippen LogP contribution in [0.5, 0.6) is 0 Å². The van der Waals surface area contributed by atoms with Crippen LogP contribution in [0.1, 0.15) is 57.9 Å². The molecule has 0 aliphatic rings. The maximum atomic E-state index is 12.2. The molecule has 0 atom stereocenters. The Hall–Kier alpha value is -1.85. The Morgan fingerprint density at radius 2 is 1.86 bits per heavy atom. The highest BCUT2D eigenvalue weighted by Crippen LogP contribution is 2.12. The molecule has 0 unspecified atom stereocenters. The van der Waals surface area contributed by atoms with Crippen LogP contribution < -0.4 is 5.32 Å². The zero-order valence-corrected chi connectivity index (χ0v) is 13.6. The quantitative estimate of drug-likeness (QED) is 0.873. The lowest BCUT2D eigenvalue weighted by Crippen LogP contribution is -2.39.